The van der Waals surface area contributed by atoms with E-state index in [4.69, 9.17) is 0 Å². The van der Waals surface area contributed by atoms with Crippen LogP contribution < -0.4 is 0 Å². The lowest BCUT2D eigenvalue weighted by molar-refractivity contribution is -0.151. The molecule has 0 unspecified atom stereocenters. The van der Waals surface area contributed by atoms with Gasteiger partial charge >= 0.3 is 0 Å². The molecule has 1 saturated heterocycles. The lowest BCUT2D eigenvalue weighted by Crippen LogP contribution is -2.60. The third-order valence-electron chi connectivity index (χ3n) is 3.50. The maximum absolute atomic E-state index is 11.7. The van der Waals surface area contributed by atoms with Crippen molar-refractivity contribution in [1.82, 2.24) is 4.90 Å². The average molecular weight is 199 g/mol. The average Bonchev–Trinajstić information content (AvgIpc) is 2.02. The van der Waals surface area contributed by atoms with Gasteiger partial charge in [-0.3, -0.25) is 4.79 Å². The zero-order chi connectivity index (χ0) is 11.0. The Morgan fingerprint density at radius 3 is 2.21 bits per heavy atom. The minimum atomic E-state index is -0.861. The van der Waals surface area contributed by atoms with E-state index in [0.717, 1.165) is 19.4 Å². The molecule has 1 N–H and O–H groups in total. The Labute approximate surface area is 86.1 Å². The van der Waals surface area contributed by atoms with Crippen molar-refractivity contribution in [3.8, 4) is 0 Å². The van der Waals surface area contributed by atoms with Crippen LogP contribution in [0.15, 0.2) is 0 Å². The first-order valence-corrected chi connectivity index (χ1v) is 5.29. The van der Waals surface area contributed by atoms with Crippen molar-refractivity contribution in [2.75, 3.05) is 6.54 Å². The lowest BCUT2D eigenvalue weighted by Gasteiger charge is -2.48. The van der Waals surface area contributed by atoms with E-state index in [1.54, 1.807) is 13.8 Å². The molecule has 1 amide bonds. The smallest absolute Gasteiger partial charge is 0.223 e. The van der Waals surface area contributed by atoms with Gasteiger partial charge in [0.05, 0.1) is 11.1 Å². The molecule has 0 aromatic carbocycles. The summed E-state index contributed by atoms with van der Waals surface area (Å²) in [5.41, 5.74) is -1.34. The third-order valence-corrected chi connectivity index (χ3v) is 3.50. The maximum atomic E-state index is 11.7. The molecule has 1 fully saturated rings. The summed E-state index contributed by atoms with van der Waals surface area (Å²) in [5.74, 6) is 0.170. The molecule has 3 heteroatoms. The van der Waals surface area contributed by atoms with Crippen molar-refractivity contribution in [1.29, 1.82) is 0 Å². The van der Waals surface area contributed by atoms with Crippen molar-refractivity contribution >= 4 is 5.91 Å². The highest BCUT2D eigenvalue weighted by molar-refractivity contribution is 5.77. The molecule has 0 spiro atoms. The molecule has 14 heavy (non-hydrogen) atoms. The van der Waals surface area contributed by atoms with Gasteiger partial charge in [-0.05, 0) is 40.5 Å². The SMILES string of the molecule is CC(C)(O)C(C)(C)N1CCCCC1=O. The third kappa shape index (κ3) is 1.92. The molecule has 1 aliphatic heterocycles. The Morgan fingerprint density at radius 1 is 1.21 bits per heavy atom. The molecule has 0 saturated carbocycles. The number of amides is 1. The molecule has 0 bridgehead atoms. The van der Waals surface area contributed by atoms with E-state index in [1.807, 2.05) is 18.7 Å². The number of piperidine rings is 1. The molecule has 1 heterocycles. The van der Waals surface area contributed by atoms with Crippen LogP contribution in [-0.4, -0.2) is 33.6 Å². The first-order chi connectivity index (χ1) is 6.27. The van der Waals surface area contributed by atoms with Gasteiger partial charge in [-0.1, -0.05) is 0 Å². The first kappa shape index (κ1) is 11.5. The molecule has 0 radical (unpaired) electrons. The van der Waals surface area contributed by atoms with Gasteiger partial charge in [0.25, 0.3) is 0 Å². The molecule has 0 aromatic heterocycles. The Bertz CT molecular complexity index is 228. The van der Waals surface area contributed by atoms with Crippen molar-refractivity contribution in [3.05, 3.63) is 0 Å². The van der Waals surface area contributed by atoms with Crippen LogP contribution in [0.3, 0.4) is 0 Å². The summed E-state index contributed by atoms with van der Waals surface area (Å²) in [6.07, 6.45) is 2.65. The predicted octanol–water partition coefficient (Wildman–Crippen LogP) is 1.55. The number of rotatable bonds is 2. The van der Waals surface area contributed by atoms with Crippen molar-refractivity contribution < 1.29 is 9.90 Å². The van der Waals surface area contributed by atoms with Gasteiger partial charge in [0, 0.05) is 13.0 Å². The van der Waals surface area contributed by atoms with Crippen molar-refractivity contribution in [2.45, 2.75) is 58.1 Å². The van der Waals surface area contributed by atoms with E-state index in [-0.39, 0.29) is 5.91 Å². The van der Waals surface area contributed by atoms with Crippen LogP contribution in [-0.2, 0) is 4.79 Å². The normalized spacial score (nSPS) is 20.1. The molecule has 0 aliphatic carbocycles. The number of nitrogens with zero attached hydrogens (tertiary/aromatic N) is 1. The van der Waals surface area contributed by atoms with E-state index in [2.05, 4.69) is 0 Å². The van der Waals surface area contributed by atoms with E-state index in [1.165, 1.54) is 0 Å². The highest BCUT2D eigenvalue weighted by atomic mass is 16.3. The fraction of sp³-hybridized carbons (Fsp3) is 0.909. The number of aliphatic hydroxyl groups is 1. The number of carbonyl (C=O) groups is 1. The largest absolute Gasteiger partial charge is 0.388 e. The van der Waals surface area contributed by atoms with Crippen molar-refractivity contribution in [2.24, 2.45) is 0 Å². The topological polar surface area (TPSA) is 40.5 Å². The van der Waals surface area contributed by atoms with E-state index in [9.17, 15) is 9.90 Å². The van der Waals surface area contributed by atoms with Gasteiger partial charge < -0.3 is 10.0 Å². The van der Waals surface area contributed by atoms with Crippen LogP contribution in [0.4, 0.5) is 0 Å². The lowest BCUT2D eigenvalue weighted by atomic mass is 9.83. The first-order valence-electron chi connectivity index (χ1n) is 5.29. The summed E-state index contributed by atoms with van der Waals surface area (Å²) in [6, 6.07) is 0. The summed E-state index contributed by atoms with van der Waals surface area (Å²) in [6.45, 7) is 8.14. The summed E-state index contributed by atoms with van der Waals surface area (Å²) in [7, 11) is 0. The monoisotopic (exact) mass is 199 g/mol. The van der Waals surface area contributed by atoms with Crippen LogP contribution in [0.2, 0.25) is 0 Å². The molecule has 1 rings (SSSR count). The van der Waals surface area contributed by atoms with Crippen LogP contribution in [0.25, 0.3) is 0 Å². The Morgan fingerprint density at radius 2 is 1.79 bits per heavy atom. The highest BCUT2D eigenvalue weighted by Gasteiger charge is 2.43. The number of hydrogen-bond acceptors (Lipinski definition) is 2. The summed E-state index contributed by atoms with van der Waals surface area (Å²) >= 11 is 0. The van der Waals surface area contributed by atoms with Crippen molar-refractivity contribution in [3.63, 3.8) is 0 Å². The minimum Gasteiger partial charge on any atom is -0.388 e. The Balaban J connectivity index is 2.85. The molecule has 1 aliphatic rings. The Hall–Kier alpha value is -0.570. The molecule has 0 aromatic rings. The second-order valence-corrected chi connectivity index (χ2v) is 5.12. The maximum Gasteiger partial charge on any atom is 0.223 e. The zero-order valence-corrected chi connectivity index (χ0v) is 9.63. The van der Waals surface area contributed by atoms with Crippen LogP contribution in [0, 0.1) is 0 Å². The van der Waals surface area contributed by atoms with Gasteiger partial charge in [0.2, 0.25) is 5.91 Å². The molecule has 82 valence electrons. The molecule has 0 atom stereocenters. The number of hydrogen-bond donors (Lipinski definition) is 1. The van der Waals surface area contributed by atoms with Crippen LogP contribution in [0.5, 0.6) is 0 Å². The van der Waals surface area contributed by atoms with E-state index >= 15 is 0 Å². The number of carbonyl (C=O) groups excluding carboxylic acids is 1. The highest BCUT2D eigenvalue weighted by Crippen LogP contribution is 2.30. The quantitative estimate of drug-likeness (QED) is 0.733. The summed E-state index contributed by atoms with van der Waals surface area (Å²) in [5, 5.41) is 10.0. The van der Waals surface area contributed by atoms with Crippen LogP contribution >= 0.6 is 0 Å². The fourth-order valence-corrected chi connectivity index (χ4v) is 1.73. The van der Waals surface area contributed by atoms with Gasteiger partial charge in [-0.25, -0.2) is 0 Å². The molecule has 3 nitrogen and oxygen atoms in total. The fourth-order valence-electron chi connectivity index (χ4n) is 1.73. The minimum absolute atomic E-state index is 0.170. The Kier molecular flexibility index (Phi) is 2.91. The number of likely N-dealkylation sites (tertiary alicyclic amines) is 1. The zero-order valence-electron chi connectivity index (χ0n) is 9.63. The van der Waals surface area contributed by atoms with Crippen LogP contribution in [0.1, 0.15) is 47.0 Å². The second kappa shape index (κ2) is 3.54. The van der Waals surface area contributed by atoms with Gasteiger partial charge in [0.1, 0.15) is 0 Å². The van der Waals surface area contributed by atoms with Gasteiger partial charge in [0.15, 0.2) is 0 Å². The molecular formula is C11H21NO2. The standard InChI is InChI=1S/C11H21NO2/c1-10(2,11(3,4)14)12-8-6-5-7-9(12)13/h14H,5-8H2,1-4H3. The summed E-state index contributed by atoms with van der Waals surface area (Å²) < 4.78 is 0. The summed E-state index contributed by atoms with van der Waals surface area (Å²) in [4.78, 5) is 13.5. The van der Waals surface area contributed by atoms with Gasteiger partial charge in [-0.2, -0.15) is 0 Å². The van der Waals surface area contributed by atoms with E-state index in [0.29, 0.717) is 6.42 Å². The molecular weight excluding hydrogens is 178 g/mol. The van der Waals surface area contributed by atoms with Gasteiger partial charge in [-0.15, -0.1) is 0 Å². The predicted molar refractivity (Wildman–Crippen MR) is 55.9 cm³/mol. The second-order valence-electron chi connectivity index (χ2n) is 5.12. The van der Waals surface area contributed by atoms with E-state index < -0.39 is 11.1 Å².